The van der Waals surface area contributed by atoms with Crippen molar-refractivity contribution < 1.29 is 8.78 Å². The number of benzene rings is 1. The monoisotopic (exact) mass is 318 g/mol. The van der Waals surface area contributed by atoms with Crippen LogP contribution in [0.5, 0.6) is 0 Å². The van der Waals surface area contributed by atoms with Gasteiger partial charge >= 0.3 is 0 Å². The first-order valence-electron chi connectivity index (χ1n) is 4.63. The normalized spacial score (nSPS) is 10.6. The van der Waals surface area contributed by atoms with Crippen molar-refractivity contribution in [2.75, 3.05) is 0 Å². The van der Waals surface area contributed by atoms with Crippen molar-refractivity contribution in [1.82, 2.24) is 9.97 Å². The van der Waals surface area contributed by atoms with Crippen LogP contribution in [0.25, 0.3) is 11.4 Å². The standard InChI is InChI=1S/C11H6BrClF2N2/c1-5-2-10(13)17-11(16-5)6-3-7(12)9(15)4-8(6)14/h2-4H,1H3. The van der Waals surface area contributed by atoms with Crippen LogP contribution in [0, 0.1) is 18.6 Å². The molecule has 0 bridgehead atoms. The van der Waals surface area contributed by atoms with Gasteiger partial charge in [-0.05, 0) is 35.0 Å². The molecule has 2 aromatic rings. The summed E-state index contributed by atoms with van der Waals surface area (Å²) in [7, 11) is 0. The lowest BCUT2D eigenvalue weighted by molar-refractivity contribution is 0.580. The molecule has 88 valence electrons. The molecule has 0 unspecified atom stereocenters. The van der Waals surface area contributed by atoms with E-state index in [9.17, 15) is 8.78 Å². The van der Waals surface area contributed by atoms with Crippen LogP contribution < -0.4 is 0 Å². The fourth-order valence-corrected chi connectivity index (χ4v) is 1.93. The van der Waals surface area contributed by atoms with Crippen LogP contribution in [-0.2, 0) is 0 Å². The fourth-order valence-electron chi connectivity index (χ4n) is 1.34. The molecule has 0 saturated heterocycles. The Bertz CT molecular complexity index is 570. The summed E-state index contributed by atoms with van der Waals surface area (Å²) in [5.74, 6) is -1.27. The lowest BCUT2D eigenvalue weighted by atomic mass is 10.2. The molecular formula is C11H6BrClF2N2. The molecule has 0 aliphatic carbocycles. The van der Waals surface area contributed by atoms with Gasteiger partial charge in [-0.3, -0.25) is 0 Å². The third kappa shape index (κ3) is 2.61. The Labute approximate surface area is 110 Å². The number of hydrogen-bond acceptors (Lipinski definition) is 2. The predicted molar refractivity (Wildman–Crippen MR) is 64.8 cm³/mol. The van der Waals surface area contributed by atoms with Gasteiger partial charge in [0.2, 0.25) is 0 Å². The minimum absolute atomic E-state index is 0.101. The van der Waals surface area contributed by atoms with E-state index >= 15 is 0 Å². The fraction of sp³-hybridized carbons (Fsp3) is 0.0909. The van der Waals surface area contributed by atoms with Gasteiger partial charge in [0.1, 0.15) is 16.8 Å². The van der Waals surface area contributed by atoms with Gasteiger partial charge < -0.3 is 0 Å². The van der Waals surface area contributed by atoms with Gasteiger partial charge in [-0.25, -0.2) is 18.7 Å². The molecule has 2 nitrogen and oxygen atoms in total. The van der Waals surface area contributed by atoms with Crippen LogP contribution in [-0.4, -0.2) is 9.97 Å². The second-order valence-corrected chi connectivity index (χ2v) is 4.64. The number of halogens is 4. The van der Waals surface area contributed by atoms with Crippen molar-refractivity contribution in [2.24, 2.45) is 0 Å². The largest absolute Gasteiger partial charge is 0.233 e. The highest BCUT2D eigenvalue weighted by Gasteiger charge is 2.13. The number of aryl methyl sites for hydroxylation is 1. The SMILES string of the molecule is Cc1cc(Cl)nc(-c2cc(Br)c(F)cc2F)n1. The smallest absolute Gasteiger partial charge is 0.164 e. The minimum atomic E-state index is -0.729. The van der Waals surface area contributed by atoms with Gasteiger partial charge in [0, 0.05) is 11.8 Å². The second kappa shape index (κ2) is 4.66. The zero-order valence-electron chi connectivity index (χ0n) is 8.64. The highest BCUT2D eigenvalue weighted by molar-refractivity contribution is 9.10. The molecule has 6 heteroatoms. The lowest BCUT2D eigenvalue weighted by Gasteiger charge is -2.05. The van der Waals surface area contributed by atoms with Gasteiger partial charge in [-0.1, -0.05) is 11.6 Å². The molecule has 0 aliphatic rings. The molecule has 1 heterocycles. The van der Waals surface area contributed by atoms with E-state index in [1.165, 1.54) is 6.07 Å². The topological polar surface area (TPSA) is 25.8 Å². The molecular weight excluding hydrogens is 313 g/mol. The zero-order chi connectivity index (χ0) is 12.6. The first-order valence-corrected chi connectivity index (χ1v) is 5.80. The molecule has 1 aromatic carbocycles. The van der Waals surface area contributed by atoms with Crippen molar-refractivity contribution in [2.45, 2.75) is 6.92 Å². The van der Waals surface area contributed by atoms with E-state index in [0.717, 1.165) is 6.07 Å². The van der Waals surface area contributed by atoms with Crippen molar-refractivity contribution >= 4 is 27.5 Å². The van der Waals surface area contributed by atoms with Crippen LogP contribution in [0.15, 0.2) is 22.7 Å². The first-order chi connectivity index (χ1) is 7.97. The molecule has 0 spiro atoms. The zero-order valence-corrected chi connectivity index (χ0v) is 11.0. The predicted octanol–water partition coefficient (Wildman–Crippen LogP) is 4.15. The third-order valence-electron chi connectivity index (χ3n) is 2.07. The molecule has 17 heavy (non-hydrogen) atoms. The molecule has 1 aromatic heterocycles. The maximum Gasteiger partial charge on any atom is 0.164 e. The Kier molecular flexibility index (Phi) is 3.40. The highest BCUT2D eigenvalue weighted by Crippen LogP contribution is 2.27. The van der Waals surface area contributed by atoms with E-state index in [4.69, 9.17) is 11.6 Å². The maximum absolute atomic E-state index is 13.6. The van der Waals surface area contributed by atoms with Crippen LogP contribution >= 0.6 is 27.5 Å². The number of nitrogens with zero attached hydrogens (tertiary/aromatic N) is 2. The summed E-state index contributed by atoms with van der Waals surface area (Å²) >= 11 is 8.75. The van der Waals surface area contributed by atoms with E-state index in [-0.39, 0.29) is 21.0 Å². The van der Waals surface area contributed by atoms with Gasteiger partial charge in [0.15, 0.2) is 5.82 Å². The van der Waals surface area contributed by atoms with Gasteiger partial charge in [-0.15, -0.1) is 0 Å². The second-order valence-electron chi connectivity index (χ2n) is 3.40. The molecule has 2 rings (SSSR count). The van der Waals surface area contributed by atoms with Crippen molar-refractivity contribution in [1.29, 1.82) is 0 Å². The highest BCUT2D eigenvalue weighted by atomic mass is 79.9. The quantitative estimate of drug-likeness (QED) is 0.583. The van der Waals surface area contributed by atoms with Crippen LogP contribution in [0.2, 0.25) is 5.15 Å². The Morgan fingerprint density at radius 2 is 1.82 bits per heavy atom. The molecule has 0 fully saturated rings. The number of rotatable bonds is 1. The molecule has 0 radical (unpaired) electrons. The van der Waals surface area contributed by atoms with Crippen LogP contribution in [0.1, 0.15) is 5.69 Å². The van der Waals surface area contributed by atoms with Crippen LogP contribution in [0.4, 0.5) is 8.78 Å². The summed E-state index contributed by atoms with van der Waals surface area (Å²) in [6, 6.07) is 3.62. The Balaban J connectivity index is 2.64. The summed E-state index contributed by atoms with van der Waals surface area (Å²) in [5, 5.41) is 0.215. The van der Waals surface area contributed by atoms with Gasteiger partial charge in [-0.2, -0.15) is 0 Å². The Morgan fingerprint density at radius 1 is 1.12 bits per heavy atom. The van der Waals surface area contributed by atoms with Crippen molar-refractivity contribution in [3.05, 3.63) is 45.2 Å². The third-order valence-corrected chi connectivity index (χ3v) is 2.88. The summed E-state index contributed by atoms with van der Waals surface area (Å²) in [6.45, 7) is 1.72. The van der Waals surface area contributed by atoms with Crippen molar-refractivity contribution in [3.8, 4) is 11.4 Å². The Hall–Kier alpha value is -1.07. The van der Waals surface area contributed by atoms with E-state index in [1.54, 1.807) is 13.0 Å². The summed E-state index contributed by atoms with van der Waals surface area (Å²) in [6.07, 6.45) is 0. The average molecular weight is 320 g/mol. The molecule has 0 atom stereocenters. The first kappa shape index (κ1) is 12.4. The Morgan fingerprint density at radius 3 is 2.47 bits per heavy atom. The van der Waals surface area contributed by atoms with Crippen molar-refractivity contribution in [3.63, 3.8) is 0 Å². The molecule has 0 amide bonds. The molecule has 0 saturated carbocycles. The maximum atomic E-state index is 13.6. The minimum Gasteiger partial charge on any atom is -0.233 e. The summed E-state index contributed by atoms with van der Waals surface area (Å²) in [5.41, 5.74) is 0.712. The summed E-state index contributed by atoms with van der Waals surface area (Å²) < 4.78 is 26.8. The average Bonchev–Trinajstić information content (AvgIpc) is 2.22. The lowest BCUT2D eigenvalue weighted by Crippen LogP contribution is -1.96. The van der Waals surface area contributed by atoms with E-state index in [1.807, 2.05) is 0 Å². The molecule has 0 N–H and O–H groups in total. The van der Waals surface area contributed by atoms with Gasteiger partial charge in [0.05, 0.1) is 10.0 Å². The number of hydrogen-bond donors (Lipinski definition) is 0. The van der Waals surface area contributed by atoms with E-state index < -0.39 is 11.6 Å². The van der Waals surface area contributed by atoms with E-state index in [2.05, 4.69) is 25.9 Å². The van der Waals surface area contributed by atoms with Gasteiger partial charge in [0.25, 0.3) is 0 Å². The molecule has 0 aliphatic heterocycles. The number of aromatic nitrogens is 2. The summed E-state index contributed by atoms with van der Waals surface area (Å²) in [4.78, 5) is 7.96. The van der Waals surface area contributed by atoms with E-state index in [0.29, 0.717) is 5.69 Å². The van der Waals surface area contributed by atoms with Crippen LogP contribution in [0.3, 0.4) is 0 Å².